The van der Waals surface area contributed by atoms with Crippen LogP contribution in [0, 0.1) is 6.92 Å². The lowest BCUT2D eigenvalue weighted by Crippen LogP contribution is -2.15. The van der Waals surface area contributed by atoms with Crippen LogP contribution in [0.25, 0.3) is 10.9 Å². The fourth-order valence-corrected chi connectivity index (χ4v) is 2.75. The summed E-state index contributed by atoms with van der Waals surface area (Å²) in [6, 6.07) is 1.73. The van der Waals surface area contributed by atoms with Crippen LogP contribution in [0.5, 0.6) is 0 Å². The van der Waals surface area contributed by atoms with E-state index in [0.29, 0.717) is 21.6 Å². The number of nitrogens with zero attached hydrogens (tertiary/aromatic N) is 2. The Hall–Kier alpha value is -1.11. The quantitative estimate of drug-likeness (QED) is 0.835. The average Bonchev–Trinajstić information content (AvgIpc) is 2.40. The Morgan fingerprint density at radius 1 is 1.50 bits per heavy atom. The van der Waals surface area contributed by atoms with Crippen molar-refractivity contribution in [2.75, 3.05) is 0 Å². The molecule has 0 fully saturated rings. The molecule has 2 heterocycles. The van der Waals surface area contributed by atoms with Gasteiger partial charge in [-0.25, -0.2) is 18.5 Å². The number of primary sulfonamides is 1. The van der Waals surface area contributed by atoms with Gasteiger partial charge in [0.1, 0.15) is 0 Å². The Kier molecular flexibility index (Phi) is 2.45. The van der Waals surface area contributed by atoms with Gasteiger partial charge >= 0.3 is 0 Å². The van der Waals surface area contributed by atoms with Gasteiger partial charge in [-0.1, -0.05) is 11.6 Å². The maximum atomic E-state index is 11.4. The minimum absolute atomic E-state index is 0.142. The first-order chi connectivity index (χ1) is 7.30. The van der Waals surface area contributed by atoms with Crippen molar-refractivity contribution in [3.63, 3.8) is 0 Å². The first-order valence-electron chi connectivity index (χ1n) is 4.45. The summed E-state index contributed by atoms with van der Waals surface area (Å²) in [7, 11) is -2.16. The van der Waals surface area contributed by atoms with Crippen molar-refractivity contribution in [3.8, 4) is 0 Å². The summed E-state index contributed by atoms with van der Waals surface area (Å²) in [5.74, 6) is 0. The molecule has 0 aliphatic carbocycles. The molecule has 86 valence electrons. The van der Waals surface area contributed by atoms with Crippen LogP contribution < -0.4 is 5.14 Å². The molecule has 0 aliphatic heterocycles. The van der Waals surface area contributed by atoms with E-state index in [9.17, 15) is 8.42 Å². The third kappa shape index (κ3) is 1.68. The largest absolute Gasteiger partial charge is 0.347 e. The molecule has 0 unspecified atom stereocenters. The van der Waals surface area contributed by atoms with Gasteiger partial charge in [-0.2, -0.15) is 0 Å². The first kappa shape index (κ1) is 11.4. The highest BCUT2D eigenvalue weighted by molar-refractivity contribution is 7.89. The molecule has 5 nitrogen and oxygen atoms in total. The minimum atomic E-state index is -3.85. The number of aryl methyl sites for hydroxylation is 2. The summed E-state index contributed by atoms with van der Waals surface area (Å²) in [6.07, 6.45) is 1.63. The Bertz CT molecular complexity index is 676. The highest BCUT2D eigenvalue weighted by atomic mass is 35.5. The van der Waals surface area contributed by atoms with Crippen LogP contribution in [0.2, 0.25) is 5.02 Å². The van der Waals surface area contributed by atoms with Crippen molar-refractivity contribution in [2.45, 2.75) is 11.9 Å². The van der Waals surface area contributed by atoms with Crippen LogP contribution in [-0.4, -0.2) is 18.0 Å². The fourth-order valence-electron chi connectivity index (χ4n) is 1.66. The second-order valence-electron chi connectivity index (χ2n) is 3.60. The Morgan fingerprint density at radius 3 is 2.69 bits per heavy atom. The summed E-state index contributed by atoms with van der Waals surface area (Å²) < 4.78 is 24.4. The zero-order valence-corrected chi connectivity index (χ0v) is 10.3. The van der Waals surface area contributed by atoms with Crippen molar-refractivity contribution in [1.29, 1.82) is 0 Å². The van der Waals surface area contributed by atoms with Crippen LogP contribution in [0.15, 0.2) is 17.3 Å². The number of sulfonamides is 1. The van der Waals surface area contributed by atoms with Gasteiger partial charge in [0.2, 0.25) is 0 Å². The summed E-state index contributed by atoms with van der Waals surface area (Å²) in [5, 5.41) is 6.10. The minimum Gasteiger partial charge on any atom is -0.347 e. The second kappa shape index (κ2) is 3.44. The van der Waals surface area contributed by atoms with Gasteiger partial charge in [0.25, 0.3) is 10.0 Å². The maximum absolute atomic E-state index is 11.4. The van der Waals surface area contributed by atoms with Crippen molar-refractivity contribution in [2.24, 2.45) is 12.2 Å². The summed E-state index contributed by atoms with van der Waals surface area (Å²) in [6.45, 7) is 1.69. The molecule has 0 amide bonds. The van der Waals surface area contributed by atoms with E-state index < -0.39 is 10.0 Å². The van der Waals surface area contributed by atoms with Crippen LogP contribution in [0.4, 0.5) is 0 Å². The number of nitrogens with two attached hydrogens (primary N) is 1. The van der Waals surface area contributed by atoms with E-state index in [1.807, 2.05) is 0 Å². The third-order valence-electron chi connectivity index (χ3n) is 2.28. The van der Waals surface area contributed by atoms with Gasteiger partial charge in [0.05, 0.1) is 10.5 Å². The molecule has 2 aromatic heterocycles. The van der Waals surface area contributed by atoms with Gasteiger partial charge in [-0.05, 0) is 13.0 Å². The van der Waals surface area contributed by atoms with Crippen molar-refractivity contribution in [1.82, 2.24) is 9.55 Å². The molecule has 2 aromatic rings. The van der Waals surface area contributed by atoms with Crippen LogP contribution in [0.3, 0.4) is 0 Å². The van der Waals surface area contributed by atoms with E-state index >= 15 is 0 Å². The number of aromatic nitrogens is 2. The smallest absolute Gasteiger partial charge is 0.257 e. The highest BCUT2D eigenvalue weighted by Gasteiger charge is 2.19. The molecule has 0 saturated carbocycles. The molecular weight excluding hydrogens is 250 g/mol. The van der Waals surface area contributed by atoms with Gasteiger partial charge < -0.3 is 4.57 Å². The van der Waals surface area contributed by atoms with Gasteiger partial charge in [-0.3, -0.25) is 0 Å². The normalized spacial score (nSPS) is 12.2. The number of rotatable bonds is 1. The molecule has 16 heavy (non-hydrogen) atoms. The first-order valence-corrected chi connectivity index (χ1v) is 6.38. The predicted octanol–water partition coefficient (Wildman–Crippen LogP) is 1.18. The van der Waals surface area contributed by atoms with Crippen molar-refractivity contribution in [3.05, 3.63) is 23.0 Å². The summed E-state index contributed by atoms with van der Waals surface area (Å²) >= 11 is 5.99. The van der Waals surface area contributed by atoms with E-state index in [-0.39, 0.29) is 5.03 Å². The molecule has 0 aliphatic rings. The predicted molar refractivity (Wildman–Crippen MR) is 61.8 cm³/mol. The molecule has 7 heteroatoms. The Labute approximate surface area is 97.9 Å². The van der Waals surface area contributed by atoms with E-state index in [0.717, 1.165) is 0 Å². The van der Waals surface area contributed by atoms with Gasteiger partial charge in [-0.15, -0.1) is 0 Å². The molecule has 0 radical (unpaired) electrons. The van der Waals surface area contributed by atoms with Gasteiger partial charge in [0, 0.05) is 24.3 Å². The number of hydrogen-bond donors (Lipinski definition) is 1. The molecule has 0 aromatic carbocycles. The summed E-state index contributed by atoms with van der Waals surface area (Å²) in [4.78, 5) is 3.95. The highest BCUT2D eigenvalue weighted by Crippen LogP contribution is 2.29. The van der Waals surface area contributed by atoms with E-state index in [4.69, 9.17) is 16.7 Å². The van der Waals surface area contributed by atoms with E-state index in [1.54, 1.807) is 30.8 Å². The lowest BCUT2D eigenvalue weighted by molar-refractivity contribution is 0.594. The maximum Gasteiger partial charge on any atom is 0.257 e. The van der Waals surface area contributed by atoms with Crippen molar-refractivity contribution >= 4 is 32.5 Å². The zero-order valence-electron chi connectivity index (χ0n) is 8.73. The molecule has 0 spiro atoms. The molecule has 0 bridgehead atoms. The lowest BCUT2D eigenvalue weighted by Gasteiger charge is -2.04. The number of halogens is 1. The molecule has 0 atom stereocenters. The van der Waals surface area contributed by atoms with E-state index in [2.05, 4.69) is 4.98 Å². The summed E-state index contributed by atoms with van der Waals surface area (Å²) in [5.41, 5.74) is 0.989. The van der Waals surface area contributed by atoms with E-state index in [1.165, 1.54) is 0 Å². The van der Waals surface area contributed by atoms with Crippen LogP contribution in [-0.2, 0) is 17.1 Å². The Morgan fingerprint density at radius 2 is 2.12 bits per heavy atom. The number of hydrogen-bond acceptors (Lipinski definition) is 3. The average molecular weight is 260 g/mol. The fraction of sp³-hybridized carbons (Fsp3) is 0.222. The lowest BCUT2D eigenvalue weighted by atomic mass is 10.3. The van der Waals surface area contributed by atoms with Crippen LogP contribution in [0.1, 0.15) is 5.69 Å². The Balaban J connectivity index is 3.04. The molecular formula is C9H10ClN3O2S. The topological polar surface area (TPSA) is 78.0 Å². The molecule has 2 rings (SSSR count). The molecule has 0 saturated heterocycles. The molecule has 2 N–H and O–H groups in total. The third-order valence-corrected chi connectivity index (χ3v) is 3.40. The second-order valence-corrected chi connectivity index (χ2v) is 5.48. The number of pyridine rings is 1. The SMILES string of the molecule is Cc1cc2c(Cl)cn(C)c2c(S(N)(=O)=O)n1. The standard InChI is InChI=1S/C9H10ClN3O2S/c1-5-3-6-7(10)4-13(2)8(6)9(12-5)16(11,14)15/h3-4H,1-2H3,(H2,11,14,15). The van der Waals surface area contributed by atoms with Crippen LogP contribution >= 0.6 is 11.6 Å². The van der Waals surface area contributed by atoms with Gasteiger partial charge in [0.15, 0.2) is 5.03 Å². The zero-order chi connectivity index (χ0) is 12.1. The monoisotopic (exact) mass is 259 g/mol. The number of fused-ring (bicyclic) bond motifs is 1. The van der Waals surface area contributed by atoms with Crippen molar-refractivity contribution < 1.29 is 8.42 Å².